The number of rotatable bonds is 5. The van der Waals surface area contributed by atoms with Crippen molar-refractivity contribution >= 4 is 39.5 Å². The minimum atomic E-state index is -3.02. The molecule has 0 spiro atoms. The van der Waals surface area contributed by atoms with Crippen molar-refractivity contribution in [3.05, 3.63) is 29.8 Å². The molecule has 3 amide bonds. The largest absolute Gasteiger partial charge is 0.449 e. The van der Waals surface area contributed by atoms with Crippen molar-refractivity contribution in [2.75, 3.05) is 11.5 Å². The molecule has 0 aromatic heterocycles. The molecular weight excluding hydrogens is 368 g/mol. The van der Waals surface area contributed by atoms with Gasteiger partial charge in [-0.05, 0) is 25.5 Å². The number of hydrogen-bond acceptors (Lipinski definition) is 7. The quantitative estimate of drug-likeness (QED) is 0.712. The SMILES string of the molecule is C[C@H](OC(=O)c1ccccc1S[C@H]1CCS(=O)(=O)C1)C(=O)NC(N)=O. The van der Waals surface area contributed by atoms with Gasteiger partial charge in [0.05, 0.1) is 17.1 Å². The Morgan fingerprint density at radius 2 is 2.00 bits per heavy atom. The summed E-state index contributed by atoms with van der Waals surface area (Å²) in [5.41, 5.74) is 5.08. The van der Waals surface area contributed by atoms with Crippen molar-refractivity contribution in [2.24, 2.45) is 5.73 Å². The van der Waals surface area contributed by atoms with Crippen molar-refractivity contribution in [3.8, 4) is 0 Å². The van der Waals surface area contributed by atoms with Gasteiger partial charge in [-0.1, -0.05) is 12.1 Å². The van der Waals surface area contributed by atoms with Crippen LogP contribution in [0.25, 0.3) is 0 Å². The van der Waals surface area contributed by atoms with Gasteiger partial charge in [0.2, 0.25) is 0 Å². The van der Waals surface area contributed by atoms with E-state index in [2.05, 4.69) is 0 Å². The molecule has 1 saturated heterocycles. The number of sulfone groups is 1. The number of urea groups is 1. The second-order valence-corrected chi connectivity index (χ2v) is 9.11. The lowest BCUT2D eigenvalue weighted by atomic mass is 10.2. The molecule has 1 aromatic rings. The molecular formula is C15H18N2O6S2. The normalized spacial score (nSPS) is 19.8. The van der Waals surface area contributed by atoms with E-state index < -0.39 is 33.8 Å². The maximum atomic E-state index is 12.3. The van der Waals surface area contributed by atoms with Gasteiger partial charge in [-0.3, -0.25) is 10.1 Å². The number of esters is 1. The van der Waals surface area contributed by atoms with E-state index in [0.717, 1.165) is 0 Å². The number of amides is 3. The van der Waals surface area contributed by atoms with Crippen LogP contribution in [0.4, 0.5) is 4.79 Å². The predicted octanol–water partition coefficient (Wildman–Crippen LogP) is 0.706. The zero-order chi connectivity index (χ0) is 18.6. The molecule has 0 aliphatic carbocycles. The zero-order valence-corrected chi connectivity index (χ0v) is 15.1. The molecule has 10 heteroatoms. The minimum Gasteiger partial charge on any atom is -0.449 e. The van der Waals surface area contributed by atoms with Gasteiger partial charge in [0.1, 0.15) is 0 Å². The Kier molecular flexibility index (Phi) is 6.07. The van der Waals surface area contributed by atoms with E-state index in [4.69, 9.17) is 10.5 Å². The number of benzene rings is 1. The highest BCUT2D eigenvalue weighted by Crippen LogP contribution is 2.33. The zero-order valence-electron chi connectivity index (χ0n) is 13.4. The van der Waals surface area contributed by atoms with E-state index in [1.807, 2.05) is 5.32 Å². The molecule has 0 radical (unpaired) electrons. The van der Waals surface area contributed by atoms with Crippen LogP contribution in [0.15, 0.2) is 29.2 Å². The highest BCUT2D eigenvalue weighted by Gasteiger charge is 2.30. The van der Waals surface area contributed by atoms with Crippen molar-refractivity contribution in [3.63, 3.8) is 0 Å². The number of imide groups is 1. The highest BCUT2D eigenvalue weighted by molar-refractivity contribution is 8.02. The van der Waals surface area contributed by atoms with Crippen molar-refractivity contribution in [1.82, 2.24) is 5.32 Å². The summed E-state index contributed by atoms with van der Waals surface area (Å²) >= 11 is 1.30. The molecule has 0 unspecified atom stereocenters. The van der Waals surface area contributed by atoms with E-state index in [0.29, 0.717) is 11.3 Å². The minimum absolute atomic E-state index is 0.0679. The number of primary amides is 1. The van der Waals surface area contributed by atoms with Crippen LogP contribution in [-0.2, 0) is 19.4 Å². The third-order valence-corrected chi connectivity index (χ3v) is 6.82. The number of ether oxygens (including phenoxy) is 1. The summed E-state index contributed by atoms with van der Waals surface area (Å²) in [5.74, 6) is -1.36. The lowest BCUT2D eigenvalue weighted by Crippen LogP contribution is -2.42. The topological polar surface area (TPSA) is 133 Å². The number of carbonyl (C=O) groups is 3. The standard InChI is InChI=1S/C15H18N2O6S2/c1-9(13(18)17-15(16)20)23-14(19)11-4-2-3-5-12(11)24-10-6-7-25(21,22)8-10/h2-5,9-10H,6-8H2,1H3,(H3,16,17,18,20)/t9-,10-/m0/s1. The molecule has 0 saturated carbocycles. The smallest absolute Gasteiger partial charge is 0.340 e. The maximum Gasteiger partial charge on any atom is 0.340 e. The molecule has 1 aromatic carbocycles. The predicted molar refractivity (Wildman–Crippen MR) is 92.0 cm³/mol. The summed E-state index contributed by atoms with van der Waals surface area (Å²) in [6.45, 7) is 1.31. The van der Waals surface area contributed by atoms with E-state index in [9.17, 15) is 22.8 Å². The van der Waals surface area contributed by atoms with E-state index in [1.165, 1.54) is 24.8 Å². The fraction of sp³-hybridized carbons (Fsp3) is 0.400. The molecule has 1 heterocycles. The van der Waals surface area contributed by atoms with Crippen LogP contribution in [0.3, 0.4) is 0 Å². The van der Waals surface area contributed by atoms with Gasteiger partial charge in [0.15, 0.2) is 15.9 Å². The second kappa shape index (κ2) is 7.87. The Labute approximate surface area is 149 Å². The van der Waals surface area contributed by atoms with Gasteiger partial charge in [-0.2, -0.15) is 0 Å². The molecule has 136 valence electrons. The van der Waals surface area contributed by atoms with Gasteiger partial charge in [-0.25, -0.2) is 18.0 Å². The molecule has 1 aliphatic heterocycles. The number of hydrogen-bond donors (Lipinski definition) is 2. The number of nitrogens with two attached hydrogens (primary N) is 1. The molecule has 1 fully saturated rings. The third kappa shape index (κ3) is 5.46. The molecule has 2 rings (SSSR count). The van der Waals surface area contributed by atoms with Crippen LogP contribution in [0.5, 0.6) is 0 Å². The summed E-state index contributed by atoms with van der Waals surface area (Å²) < 4.78 is 28.2. The fourth-order valence-corrected chi connectivity index (χ4v) is 5.89. The Bertz CT molecular complexity index is 793. The average Bonchev–Trinajstić information content (AvgIpc) is 2.85. The molecule has 1 aliphatic rings. The second-order valence-electron chi connectivity index (χ2n) is 5.54. The average molecular weight is 386 g/mol. The molecule has 0 bridgehead atoms. The lowest BCUT2D eigenvalue weighted by molar-refractivity contribution is -0.127. The number of carbonyl (C=O) groups excluding carboxylic acids is 3. The van der Waals surface area contributed by atoms with Gasteiger partial charge in [0.25, 0.3) is 5.91 Å². The number of nitrogens with one attached hydrogen (secondary N) is 1. The summed E-state index contributed by atoms with van der Waals surface area (Å²) in [4.78, 5) is 35.2. The lowest BCUT2D eigenvalue weighted by Gasteiger charge is -2.15. The van der Waals surface area contributed by atoms with Crippen LogP contribution in [0, 0.1) is 0 Å². The summed E-state index contributed by atoms with van der Waals surface area (Å²) in [5, 5.41) is 1.70. The van der Waals surface area contributed by atoms with Crippen LogP contribution < -0.4 is 11.1 Å². The Morgan fingerprint density at radius 1 is 1.32 bits per heavy atom. The van der Waals surface area contributed by atoms with Crippen LogP contribution in [0.2, 0.25) is 0 Å². The Morgan fingerprint density at radius 3 is 2.60 bits per heavy atom. The van der Waals surface area contributed by atoms with Crippen molar-refractivity contribution in [1.29, 1.82) is 0 Å². The van der Waals surface area contributed by atoms with Gasteiger partial charge in [0, 0.05) is 10.1 Å². The Hall–Kier alpha value is -2.07. The van der Waals surface area contributed by atoms with Crippen molar-refractivity contribution < 1.29 is 27.5 Å². The first-order valence-electron chi connectivity index (χ1n) is 7.45. The molecule has 2 atom stereocenters. The van der Waals surface area contributed by atoms with Gasteiger partial charge < -0.3 is 10.5 Å². The first-order valence-corrected chi connectivity index (χ1v) is 10.2. The van der Waals surface area contributed by atoms with Crippen LogP contribution in [0.1, 0.15) is 23.7 Å². The van der Waals surface area contributed by atoms with Crippen LogP contribution in [-0.4, -0.2) is 49.2 Å². The fourth-order valence-electron chi connectivity index (χ4n) is 2.27. The van der Waals surface area contributed by atoms with E-state index in [1.54, 1.807) is 18.2 Å². The summed E-state index contributed by atoms with van der Waals surface area (Å²) in [6.07, 6.45) is -0.682. The monoisotopic (exact) mass is 386 g/mol. The first kappa shape index (κ1) is 19.3. The van der Waals surface area contributed by atoms with E-state index >= 15 is 0 Å². The summed E-state index contributed by atoms with van der Waals surface area (Å²) in [7, 11) is -3.02. The van der Waals surface area contributed by atoms with Gasteiger partial charge in [-0.15, -0.1) is 11.8 Å². The molecule has 3 N–H and O–H groups in total. The summed E-state index contributed by atoms with van der Waals surface area (Å²) in [6, 6.07) is 5.56. The maximum absolute atomic E-state index is 12.3. The first-order chi connectivity index (χ1) is 11.7. The molecule has 8 nitrogen and oxygen atoms in total. The van der Waals surface area contributed by atoms with Crippen LogP contribution >= 0.6 is 11.8 Å². The third-order valence-electron chi connectivity index (χ3n) is 3.49. The molecule has 25 heavy (non-hydrogen) atoms. The van der Waals surface area contributed by atoms with E-state index in [-0.39, 0.29) is 22.3 Å². The Balaban J connectivity index is 2.07. The van der Waals surface area contributed by atoms with Gasteiger partial charge >= 0.3 is 12.0 Å². The van der Waals surface area contributed by atoms with Crippen molar-refractivity contribution in [2.45, 2.75) is 29.6 Å². The highest BCUT2D eigenvalue weighted by atomic mass is 32.2. The number of thioether (sulfide) groups is 1.